The van der Waals surface area contributed by atoms with Crippen molar-refractivity contribution < 1.29 is 9.84 Å². The Kier molecular flexibility index (Phi) is 4.20. The van der Waals surface area contributed by atoms with Crippen LogP contribution in [0.25, 0.3) is 0 Å². The molecule has 3 atom stereocenters. The summed E-state index contributed by atoms with van der Waals surface area (Å²) < 4.78 is 5.91. The Balaban J connectivity index is 1.87. The van der Waals surface area contributed by atoms with Crippen LogP contribution in [-0.4, -0.2) is 30.4 Å². The summed E-state index contributed by atoms with van der Waals surface area (Å²) in [4.78, 5) is 2.40. The minimum absolute atomic E-state index is 0.352. The van der Waals surface area contributed by atoms with Crippen LogP contribution in [0.4, 0.5) is 5.69 Å². The number of hydrogen-bond acceptors (Lipinski definition) is 3. The normalized spacial score (nSPS) is 28.1. The van der Waals surface area contributed by atoms with E-state index in [1.807, 2.05) is 18.2 Å². The molecule has 4 heteroatoms. The smallest absolute Gasteiger partial charge is 0.0779 e. The van der Waals surface area contributed by atoms with E-state index in [1.165, 1.54) is 19.3 Å². The highest BCUT2D eigenvalue weighted by Crippen LogP contribution is 2.36. The van der Waals surface area contributed by atoms with E-state index in [-0.39, 0.29) is 0 Å². The van der Waals surface area contributed by atoms with Crippen molar-refractivity contribution in [2.75, 3.05) is 18.1 Å². The van der Waals surface area contributed by atoms with Gasteiger partial charge < -0.3 is 14.7 Å². The molecule has 20 heavy (non-hydrogen) atoms. The number of morpholine rings is 1. The van der Waals surface area contributed by atoms with Gasteiger partial charge in [-0.15, -0.1) is 0 Å². The molecule has 0 aromatic heterocycles. The van der Waals surface area contributed by atoms with E-state index in [0.717, 1.165) is 35.8 Å². The number of benzene rings is 1. The third-order valence-electron chi connectivity index (χ3n) is 4.50. The van der Waals surface area contributed by atoms with Crippen molar-refractivity contribution in [2.45, 2.75) is 50.9 Å². The lowest BCUT2D eigenvalue weighted by Crippen LogP contribution is -2.52. The van der Waals surface area contributed by atoms with E-state index in [0.29, 0.717) is 12.1 Å². The minimum Gasteiger partial charge on any atom is -0.389 e. The molecule has 1 aromatic carbocycles. The van der Waals surface area contributed by atoms with E-state index < -0.39 is 6.10 Å². The van der Waals surface area contributed by atoms with E-state index >= 15 is 0 Å². The number of hydrogen-bond donors (Lipinski definition) is 1. The molecule has 110 valence electrons. The van der Waals surface area contributed by atoms with Gasteiger partial charge in [0.1, 0.15) is 0 Å². The van der Waals surface area contributed by atoms with E-state index in [9.17, 15) is 5.11 Å². The molecule has 1 aliphatic carbocycles. The van der Waals surface area contributed by atoms with Gasteiger partial charge in [-0.25, -0.2) is 0 Å². The van der Waals surface area contributed by atoms with Crippen LogP contribution in [0.3, 0.4) is 0 Å². The first-order valence-electron chi connectivity index (χ1n) is 7.52. The summed E-state index contributed by atoms with van der Waals surface area (Å²) in [5.41, 5.74) is 1.95. The van der Waals surface area contributed by atoms with Gasteiger partial charge in [-0.2, -0.15) is 0 Å². The van der Waals surface area contributed by atoms with E-state index in [4.69, 9.17) is 16.3 Å². The van der Waals surface area contributed by atoms with Crippen LogP contribution in [0, 0.1) is 0 Å². The number of fused-ring (bicyclic) bond motifs is 1. The fraction of sp³-hybridized carbons (Fsp3) is 0.625. The molecule has 0 radical (unpaired) electrons. The van der Waals surface area contributed by atoms with E-state index in [1.54, 1.807) is 6.92 Å². The number of nitrogens with zero attached hydrogens (tertiary/aromatic N) is 1. The Morgan fingerprint density at radius 2 is 2.15 bits per heavy atom. The summed E-state index contributed by atoms with van der Waals surface area (Å²) in [5, 5.41) is 10.4. The fourth-order valence-electron chi connectivity index (χ4n) is 3.41. The van der Waals surface area contributed by atoms with Crippen LogP contribution in [0.1, 0.15) is 44.3 Å². The average Bonchev–Trinajstić information content (AvgIpc) is 2.46. The zero-order valence-electron chi connectivity index (χ0n) is 11.9. The van der Waals surface area contributed by atoms with Crippen molar-refractivity contribution in [2.24, 2.45) is 0 Å². The molecule has 1 heterocycles. The quantitative estimate of drug-likeness (QED) is 0.906. The Labute approximate surface area is 125 Å². The number of aliphatic hydroxyl groups is 1. The Hall–Kier alpha value is -0.770. The molecule has 2 fully saturated rings. The van der Waals surface area contributed by atoms with Gasteiger partial charge in [-0.3, -0.25) is 0 Å². The molecule has 1 N–H and O–H groups in total. The van der Waals surface area contributed by atoms with Crippen LogP contribution in [0.15, 0.2) is 18.2 Å². The summed E-state index contributed by atoms with van der Waals surface area (Å²) in [5.74, 6) is 0. The zero-order chi connectivity index (χ0) is 14.1. The molecule has 0 spiro atoms. The van der Waals surface area contributed by atoms with Gasteiger partial charge in [0, 0.05) is 6.54 Å². The predicted molar refractivity (Wildman–Crippen MR) is 81.4 cm³/mol. The second-order valence-electron chi connectivity index (χ2n) is 5.84. The molecule has 3 rings (SSSR count). The molecule has 2 aliphatic rings. The summed E-state index contributed by atoms with van der Waals surface area (Å²) >= 11 is 6.44. The van der Waals surface area contributed by atoms with Crippen molar-refractivity contribution in [1.82, 2.24) is 0 Å². The monoisotopic (exact) mass is 295 g/mol. The average molecular weight is 296 g/mol. The molecule has 0 amide bonds. The van der Waals surface area contributed by atoms with Gasteiger partial charge in [-0.1, -0.05) is 30.5 Å². The van der Waals surface area contributed by atoms with Gasteiger partial charge >= 0.3 is 0 Å². The molecule has 1 saturated carbocycles. The highest BCUT2D eigenvalue weighted by atomic mass is 35.5. The van der Waals surface area contributed by atoms with Crippen molar-refractivity contribution in [3.05, 3.63) is 28.8 Å². The van der Waals surface area contributed by atoms with Crippen molar-refractivity contribution in [1.29, 1.82) is 0 Å². The van der Waals surface area contributed by atoms with Crippen molar-refractivity contribution in [3.8, 4) is 0 Å². The Bertz CT molecular complexity index is 476. The third kappa shape index (κ3) is 2.67. The lowest BCUT2D eigenvalue weighted by atomic mass is 9.89. The van der Waals surface area contributed by atoms with Gasteiger partial charge in [0.15, 0.2) is 0 Å². The number of aliphatic hydroxyl groups excluding tert-OH is 1. The van der Waals surface area contributed by atoms with Crippen LogP contribution < -0.4 is 4.90 Å². The molecular weight excluding hydrogens is 274 g/mol. The second kappa shape index (κ2) is 5.92. The first-order valence-corrected chi connectivity index (χ1v) is 7.90. The molecule has 3 nitrogen and oxygen atoms in total. The molecule has 1 saturated heterocycles. The number of ether oxygens (including phenoxy) is 1. The topological polar surface area (TPSA) is 32.7 Å². The number of halogens is 1. The molecule has 1 aromatic rings. The van der Waals surface area contributed by atoms with Gasteiger partial charge in [0.25, 0.3) is 0 Å². The van der Waals surface area contributed by atoms with Crippen LogP contribution in [0.5, 0.6) is 0 Å². The maximum atomic E-state index is 9.64. The fourth-order valence-corrected chi connectivity index (χ4v) is 3.71. The second-order valence-corrected chi connectivity index (χ2v) is 6.25. The summed E-state index contributed by atoms with van der Waals surface area (Å²) in [7, 11) is 0. The highest BCUT2D eigenvalue weighted by molar-refractivity contribution is 6.33. The van der Waals surface area contributed by atoms with Crippen LogP contribution in [-0.2, 0) is 4.74 Å². The van der Waals surface area contributed by atoms with Crippen LogP contribution in [0.2, 0.25) is 5.02 Å². The SMILES string of the molecule is CC(O)c1ccc(N2CCOC3CCCCC32)c(Cl)c1. The number of rotatable bonds is 2. The maximum absolute atomic E-state index is 9.64. The summed E-state index contributed by atoms with van der Waals surface area (Å²) in [6.07, 6.45) is 4.75. The van der Waals surface area contributed by atoms with E-state index in [2.05, 4.69) is 4.90 Å². The summed E-state index contributed by atoms with van der Waals surface area (Å²) in [6, 6.07) is 6.35. The number of anilines is 1. The Morgan fingerprint density at radius 3 is 2.90 bits per heavy atom. The Morgan fingerprint density at radius 1 is 1.35 bits per heavy atom. The molecular formula is C16H22ClNO2. The maximum Gasteiger partial charge on any atom is 0.0779 e. The summed E-state index contributed by atoms with van der Waals surface area (Å²) in [6.45, 7) is 3.43. The van der Waals surface area contributed by atoms with Crippen LogP contribution >= 0.6 is 11.6 Å². The molecule has 0 bridgehead atoms. The minimum atomic E-state index is -0.478. The largest absolute Gasteiger partial charge is 0.389 e. The lowest BCUT2D eigenvalue weighted by molar-refractivity contribution is -0.00867. The standard InChI is InChI=1S/C16H22ClNO2/c1-11(19)12-6-7-14(13(17)10-12)18-8-9-20-16-5-3-2-4-15(16)18/h6-7,10-11,15-16,19H,2-5,8-9H2,1H3. The predicted octanol–water partition coefficient (Wildman–Crippen LogP) is 3.54. The third-order valence-corrected chi connectivity index (χ3v) is 4.80. The van der Waals surface area contributed by atoms with Crippen molar-refractivity contribution >= 4 is 17.3 Å². The highest BCUT2D eigenvalue weighted by Gasteiger charge is 2.35. The zero-order valence-corrected chi connectivity index (χ0v) is 12.6. The molecule has 1 aliphatic heterocycles. The van der Waals surface area contributed by atoms with Crippen molar-refractivity contribution in [3.63, 3.8) is 0 Å². The first kappa shape index (κ1) is 14.2. The lowest BCUT2D eigenvalue weighted by Gasteiger charge is -2.45. The van der Waals surface area contributed by atoms with Gasteiger partial charge in [0.2, 0.25) is 0 Å². The van der Waals surface area contributed by atoms with Gasteiger partial charge in [0.05, 0.1) is 35.6 Å². The first-order chi connectivity index (χ1) is 9.66. The van der Waals surface area contributed by atoms with Gasteiger partial charge in [-0.05, 0) is 37.5 Å². The molecule has 3 unspecified atom stereocenters.